The number of furan rings is 1. The zero-order valence-corrected chi connectivity index (χ0v) is 15.2. The lowest BCUT2D eigenvalue weighted by Gasteiger charge is -2.20. The largest absolute Gasteiger partial charge is 0.478 e. The predicted octanol–water partition coefficient (Wildman–Crippen LogP) is 2.58. The molecule has 2 heterocycles. The maximum atomic E-state index is 13.4. The number of hydrogen-bond donors (Lipinski definition) is 1. The Morgan fingerprint density at radius 2 is 1.89 bits per heavy atom. The number of benzene rings is 1. The molecule has 0 bridgehead atoms. The SMILES string of the molecule is Cc1oc(CN(C)C(=O)[C@H]2CCN(c3cc(F)cc(F)c3)C2=O)cc1C(=O)O. The maximum Gasteiger partial charge on any atom is 0.339 e. The summed E-state index contributed by atoms with van der Waals surface area (Å²) in [7, 11) is 1.47. The van der Waals surface area contributed by atoms with E-state index in [0.29, 0.717) is 6.07 Å². The molecule has 0 aliphatic carbocycles. The van der Waals surface area contributed by atoms with Crippen LogP contribution in [0.15, 0.2) is 28.7 Å². The number of carboxylic acid groups (broad SMARTS) is 1. The highest BCUT2D eigenvalue weighted by atomic mass is 19.1. The van der Waals surface area contributed by atoms with E-state index >= 15 is 0 Å². The van der Waals surface area contributed by atoms with Crippen LogP contribution in [-0.4, -0.2) is 41.4 Å². The number of anilines is 1. The van der Waals surface area contributed by atoms with E-state index in [1.54, 1.807) is 0 Å². The number of carbonyl (C=O) groups is 3. The zero-order valence-electron chi connectivity index (χ0n) is 15.2. The van der Waals surface area contributed by atoms with Crippen LogP contribution in [0.3, 0.4) is 0 Å². The average molecular weight is 392 g/mol. The van der Waals surface area contributed by atoms with E-state index in [0.717, 1.165) is 12.1 Å². The first-order valence-electron chi connectivity index (χ1n) is 8.52. The van der Waals surface area contributed by atoms with Gasteiger partial charge < -0.3 is 19.3 Å². The Bertz CT molecular complexity index is 936. The molecule has 1 aromatic heterocycles. The van der Waals surface area contributed by atoms with E-state index in [2.05, 4.69) is 0 Å². The molecule has 0 saturated carbocycles. The minimum absolute atomic E-state index is 0.00657. The van der Waals surface area contributed by atoms with E-state index in [9.17, 15) is 23.2 Å². The van der Waals surface area contributed by atoms with Gasteiger partial charge in [0.15, 0.2) is 0 Å². The number of rotatable bonds is 5. The van der Waals surface area contributed by atoms with Crippen molar-refractivity contribution < 1.29 is 32.7 Å². The van der Waals surface area contributed by atoms with Gasteiger partial charge in [-0.15, -0.1) is 0 Å². The third-order valence-corrected chi connectivity index (χ3v) is 4.63. The van der Waals surface area contributed by atoms with Crippen molar-refractivity contribution in [1.29, 1.82) is 0 Å². The molecule has 0 unspecified atom stereocenters. The Kier molecular flexibility index (Phi) is 5.17. The monoisotopic (exact) mass is 392 g/mol. The molecule has 2 aromatic rings. The van der Waals surface area contributed by atoms with E-state index in [1.807, 2.05) is 0 Å². The molecular weight excluding hydrogens is 374 g/mol. The summed E-state index contributed by atoms with van der Waals surface area (Å²) < 4.78 is 32.2. The molecule has 7 nitrogen and oxygen atoms in total. The van der Waals surface area contributed by atoms with Crippen LogP contribution in [0.2, 0.25) is 0 Å². The Labute approximate surface area is 159 Å². The summed E-state index contributed by atoms with van der Waals surface area (Å²) in [6.07, 6.45) is 0.206. The lowest BCUT2D eigenvalue weighted by Crippen LogP contribution is -2.37. The highest BCUT2D eigenvalue weighted by molar-refractivity contribution is 6.09. The van der Waals surface area contributed by atoms with Gasteiger partial charge in [0, 0.05) is 25.3 Å². The van der Waals surface area contributed by atoms with E-state index in [1.165, 1.54) is 29.8 Å². The third kappa shape index (κ3) is 3.73. The molecule has 1 aliphatic rings. The van der Waals surface area contributed by atoms with Crippen LogP contribution in [0, 0.1) is 24.5 Å². The molecule has 1 aromatic carbocycles. The molecule has 1 atom stereocenters. The number of amides is 2. The van der Waals surface area contributed by atoms with Crippen molar-refractivity contribution in [3.05, 3.63) is 53.0 Å². The summed E-state index contributed by atoms with van der Waals surface area (Å²) in [4.78, 5) is 38.8. The minimum atomic E-state index is -1.13. The molecule has 2 amide bonds. The van der Waals surface area contributed by atoms with Gasteiger partial charge in [0.25, 0.3) is 0 Å². The van der Waals surface area contributed by atoms with E-state index < -0.39 is 35.3 Å². The lowest BCUT2D eigenvalue weighted by atomic mass is 10.1. The Balaban J connectivity index is 1.71. The second kappa shape index (κ2) is 7.41. The number of aryl methyl sites for hydroxylation is 1. The second-order valence-electron chi connectivity index (χ2n) is 6.64. The quantitative estimate of drug-likeness (QED) is 0.790. The highest BCUT2D eigenvalue weighted by Crippen LogP contribution is 2.28. The normalized spacial score (nSPS) is 16.5. The number of nitrogens with zero attached hydrogens (tertiary/aromatic N) is 2. The number of carboxylic acids is 1. The van der Waals surface area contributed by atoms with Gasteiger partial charge in [-0.2, -0.15) is 0 Å². The fraction of sp³-hybridized carbons (Fsp3) is 0.316. The topological polar surface area (TPSA) is 91.1 Å². The minimum Gasteiger partial charge on any atom is -0.478 e. The Morgan fingerprint density at radius 3 is 2.46 bits per heavy atom. The molecule has 1 N–H and O–H groups in total. The summed E-state index contributed by atoms with van der Waals surface area (Å²) in [6.45, 7) is 1.66. The van der Waals surface area contributed by atoms with Gasteiger partial charge in [-0.25, -0.2) is 13.6 Å². The highest BCUT2D eigenvalue weighted by Gasteiger charge is 2.39. The van der Waals surface area contributed by atoms with Crippen molar-refractivity contribution in [2.45, 2.75) is 19.9 Å². The molecule has 148 valence electrons. The van der Waals surface area contributed by atoms with Gasteiger partial charge in [0.1, 0.15) is 34.6 Å². The zero-order chi connectivity index (χ0) is 20.6. The van der Waals surface area contributed by atoms with E-state index in [4.69, 9.17) is 9.52 Å². The van der Waals surface area contributed by atoms with Crippen molar-refractivity contribution in [3.8, 4) is 0 Å². The number of aromatic carboxylic acids is 1. The summed E-state index contributed by atoms with van der Waals surface area (Å²) in [5.74, 6) is -4.25. The molecule has 9 heteroatoms. The number of halogens is 2. The first-order valence-corrected chi connectivity index (χ1v) is 8.52. The van der Waals surface area contributed by atoms with Crippen molar-refractivity contribution in [2.24, 2.45) is 5.92 Å². The summed E-state index contributed by atoms with van der Waals surface area (Å²) >= 11 is 0. The molecule has 0 radical (unpaired) electrons. The molecule has 1 saturated heterocycles. The lowest BCUT2D eigenvalue weighted by molar-refractivity contribution is -0.139. The fourth-order valence-corrected chi connectivity index (χ4v) is 3.27. The molecule has 28 heavy (non-hydrogen) atoms. The van der Waals surface area contributed by atoms with Crippen LogP contribution >= 0.6 is 0 Å². The van der Waals surface area contributed by atoms with Crippen LogP contribution in [0.4, 0.5) is 14.5 Å². The molecule has 3 rings (SSSR count). The second-order valence-corrected chi connectivity index (χ2v) is 6.64. The van der Waals surface area contributed by atoms with Crippen LogP contribution in [0.5, 0.6) is 0 Å². The summed E-state index contributed by atoms with van der Waals surface area (Å²) in [6, 6.07) is 4.12. The van der Waals surface area contributed by atoms with Gasteiger partial charge in [0.2, 0.25) is 11.8 Å². The predicted molar refractivity (Wildman–Crippen MR) is 93.7 cm³/mol. The van der Waals surface area contributed by atoms with Crippen LogP contribution in [0.25, 0.3) is 0 Å². The van der Waals surface area contributed by atoms with Crippen molar-refractivity contribution >= 4 is 23.5 Å². The van der Waals surface area contributed by atoms with Gasteiger partial charge in [-0.05, 0) is 31.5 Å². The van der Waals surface area contributed by atoms with Gasteiger partial charge >= 0.3 is 5.97 Å². The van der Waals surface area contributed by atoms with Crippen LogP contribution in [0.1, 0.15) is 28.3 Å². The standard InChI is InChI=1S/C19H18F2N2O5/c1-10-16(19(26)27)8-14(28-10)9-22(2)17(24)15-3-4-23(18(15)25)13-6-11(20)5-12(21)7-13/h5-8,15H,3-4,9H2,1-2H3,(H,26,27)/t15-/m1/s1. The van der Waals surface area contributed by atoms with Crippen molar-refractivity contribution in [1.82, 2.24) is 4.90 Å². The molecular formula is C19H18F2N2O5. The first-order chi connectivity index (χ1) is 13.2. The first kappa shape index (κ1) is 19.5. The molecule has 1 fully saturated rings. The van der Waals surface area contributed by atoms with Gasteiger partial charge in [-0.1, -0.05) is 0 Å². The van der Waals surface area contributed by atoms with E-state index in [-0.39, 0.29) is 42.3 Å². The fourth-order valence-electron chi connectivity index (χ4n) is 3.27. The number of carbonyl (C=O) groups excluding carboxylic acids is 2. The Morgan fingerprint density at radius 1 is 1.25 bits per heavy atom. The Hall–Kier alpha value is -3.23. The van der Waals surface area contributed by atoms with Crippen LogP contribution in [-0.2, 0) is 16.1 Å². The van der Waals surface area contributed by atoms with Crippen molar-refractivity contribution in [3.63, 3.8) is 0 Å². The number of hydrogen-bond acceptors (Lipinski definition) is 4. The summed E-state index contributed by atoms with van der Waals surface area (Å²) in [5, 5.41) is 9.06. The molecule has 1 aliphatic heterocycles. The summed E-state index contributed by atoms with van der Waals surface area (Å²) in [5.41, 5.74) is 0.0697. The van der Waals surface area contributed by atoms with Crippen LogP contribution < -0.4 is 4.90 Å². The average Bonchev–Trinajstić information content (AvgIpc) is 3.16. The molecule has 0 spiro atoms. The smallest absolute Gasteiger partial charge is 0.339 e. The van der Waals surface area contributed by atoms with Crippen molar-refractivity contribution in [2.75, 3.05) is 18.5 Å². The maximum absolute atomic E-state index is 13.4. The third-order valence-electron chi connectivity index (χ3n) is 4.63. The van der Waals surface area contributed by atoms with Gasteiger partial charge in [-0.3, -0.25) is 9.59 Å². The van der Waals surface area contributed by atoms with Gasteiger partial charge in [0.05, 0.1) is 6.54 Å².